The number of pyridine rings is 2. The average molecular weight is 477 g/mol. The summed E-state index contributed by atoms with van der Waals surface area (Å²) in [5.41, 5.74) is 1.29. The lowest BCUT2D eigenvalue weighted by atomic mass is 9.78. The van der Waals surface area contributed by atoms with Crippen molar-refractivity contribution in [1.82, 2.24) is 24.8 Å². The van der Waals surface area contributed by atoms with Gasteiger partial charge in [-0.25, -0.2) is 14.8 Å². The van der Waals surface area contributed by atoms with Crippen LogP contribution in [0.3, 0.4) is 0 Å². The standard InChI is InChI=1S/C26H32N6O3/c1-25(2,3)35-24(33)32-14-9-26(17-32)7-12-31(13-8-26)23-21-19(15-28-16-20(21)34-4)29-22(30-23)18-5-10-27-11-6-18/h5-6,10-11,15-16H,7-9,12-14,17H2,1-4H3. The summed E-state index contributed by atoms with van der Waals surface area (Å²) in [5, 5.41) is 0.873. The van der Waals surface area contributed by atoms with Crippen LogP contribution in [0.5, 0.6) is 5.75 Å². The van der Waals surface area contributed by atoms with E-state index in [0.717, 1.165) is 67.7 Å². The van der Waals surface area contributed by atoms with Gasteiger partial charge >= 0.3 is 6.09 Å². The molecule has 0 N–H and O–H groups in total. The minimum Gasteiger partial charge on any atom is -0.494 e. The zero-order valence-corrected chi connectivity index (χ0v) is 20.8. The van der Waals surface area contributed by atoms with Gasteiger partial charge in [-0.2, -0.15) is 0 Å². The molecule has 2 aliphatic heterocycles. The number of amides is 1. The lowest BCUT2D eigenvalue weighted by Crippen LogP contribution is -2.43. The van der Waals surface area contributed by atoms with Crippen molar-refractivity contribution in [3.05, 3.63) is 36.9 Å². The van der Waals surface area contributed by atoms with E-state index in [1.807, 2.05) is 37.8 Å². The van der Waals surface area contributed by atoms with Gasteiger partial charge in [0.15, 0.2) is 5.82 Å². The molecule has 9 nitrogen and oxygen atoms in total. The van der Waals surface area contributed by atoms with E-state index in [0.29, 0.717) is 11.6 Å². The number of piperidine rings is 1. The summed E-state index contributed by atoms with van der Waals surface area (Å²) in [7, 11) is 1.64. The molecule has 0 radical (unpaired) electrons. The van der Waals surface area contributed by atoms with Gasteiger partial charge in [-0.05, 0) is 57.6 Å². The number of nitrogens with zero attached hydrogens (tertiary/aromatic N) is 6. The van der Waals surface area contributed by atoms with E-state index in [1.165, 1.54) is 0 Å². The van der Waals surface area contributed by atoms with Gasteiger partial charge in [0.05, 0.1) is 30.4 Å². The van der Waals surface area contributed by atoms with E-state index in [9.17, 15) is 4.79 Å². The number of carbonyl (C=O) groups is 1. The lowest BCUT2D eigenvalue weighted by Gasteiger charge is -2.40. The van der Waals surface area contributed by atoms with E-state index >= 15 is 0 Å². The molecule has 184 valence electrons. The predicted octanol–water partition coefficient (Wildman–Crippen LogP) is 4.32. The number of anilines is 1. The summed E-state index contributed by atoms with van der Waals surface area (Å²) < 4.78 is 11.3. The highest BCUT2D eigenvalue weighted by Crippen LogP contribution is 2.43. The van der Waals surface area contributed by atoms with Gasteiger partial charge in [-0.3, -0.25) is 9.97 Å². The van der Waals surface area contributed by atoms with Crippen molar-refractivity contribution < 1.29 is 14.3 Å². The monoisotopic (exact) mass is 476 g/mol. The largest absolute Gasteiger partial charge is 0.494 e. The van der Waals surface area contributed by atoms with E-state index < -0.39 is 5.60 Å². The Morgan fingerprint density at radius 1 is 1.00 bits per heavy atom. The molecule has 2 aliphatic rings. The first-order chi connectivity index (χ1) is 16.8. The fourth-order valence-electron chi connectivity index (χ4n) is 5.07. The van der Waals surface area contributed by atoms with Crippen LogP contribution in [0.4, 0.5) is 10.6 Å². The van der Waals surface area contributed by atoms with Crippen molar-refractivity contribution in [1.29, 1.82) is 0 Å². The quantitative estimate of drug-likeness (QED) is 0.552. The normalized spacial score (nSPS) is 17.7. The molecule has 0 unspecified atom stereocenters. The number of carbonyl (C=O) groups excluding carboxylic acids is 1. The van der Waals surface area contributed by atoms with Crippen LogP contribution >= 0.6 is 0 Å². The van der Waals surface area contributed by atoms with Crippen molar-refractivity contribution in [2.24, 2.45) is 5.41 Å². The van der Waals surface area contributed by atoms with E-state index in [1.54, 1.807) is 31.9 Å². The van der Waals surface area contributed by atoms with Gasteiger partial charge in [-0.1, -0.05) is 0 Å². The Kier molecular flexibility index (Phi) is 5.94. The van der Waals surface area contributed by atoms with E-state index in [-0.39, 0.29) is 11.5 Å². The van der Waals surface area contributed by atoms with Gasteiger partial charge in [-0.15, -0.1) is 0 Å². The SMILES string of the molecule is COc1cncc2nc(-c3ccncc3)nc(N3CCC4(CCN(C(=O)OC(C)(C)C)C4)CC3)c12. The molecule has 3 aromatic rings. The number of ether oxygens (including phenoxy) is 2. The first kappa shape index (κ1) is 23.3. The van der Waals surface area contributed by atoms with Crippen molar-refractivity contribution in [2.45, 2.75) is 45.6 Å². The molecule has 5 heterocycles. The number of aromatic nitrogens is 4. The summed E-state index contributed by atoms with van der Waals surface area (Å²) in [6, 6.07) is 3.82. The molecule has 0 atom stereocenters. The zero-order valence-electron chi connectivity index (χ0n) is 20.8. The number of hydrogen-bond donors (Lipinski definition) is 0. The summed E-state index contributed by atoms with van der Waals surface area (Å²) in [6.45, 7) is 8.90. The van der Waals surface area contributed by atoms with Crippen molar-refractivity contribution >= 4 is 22.8 Å². The Balaban J connectivity index is 1.41. The fourth-order valence-corrected chi connectivity index (χ4v) is 5.07. The molecule has 3 aromatic heterocycles. The second kappa shape index (κ2) is 8.94. The molecule has 0 saturated carbocycles. The van der Waals surface area contributed by atoms with Gasteiger partial charge in [0.1, 0.15) is 17.2 Å². The van der Waals surface area contributed by atoms with Gasteiger partial charge in [0, 0.05) is 44.1 Å². The van der Waals surface area contributed by atoms with Crippen LogP contribution in [0, 0.1) is 5.41 Å². The molecule has 2 saturated heterocycles. The third kappa shape index (κ3) is 4.72. The summed E-state index contributed by atoms with van der Waals surface area (Å²) in [4.78, 5) is 35.0. The highest BCUT2D eigenvalue weighted by atomic mass is 16.6. The number of methoxy groups -OCH3 is 1. The van der Waals surface area contributed by atoms with E-state index in [4.69, 9.17) is 19.4 Å². The summed E-state index contributed by atoms with van der Waals surface area (Å²) in [6.07, 6.45) is 9.71. The number of rotatable bonds is 3. The maximum atomic E-state index is 12.6. The molecule has 0 aromatic carbocycles. The Morgan fingerprint density at radius 2 is 1.71 bits per heavy atom. The van der Waals surface area contributed by atoms with Gasteiger partial charge in [0.2, 0.25) is 0 Å². The Labute approximate surface area is 205 Å². The van der Waals surface area contributed by atoms with Crippen molar-refractivity contribution in [3.63, 3.8) is 0 Å². The highest BCUT2D eigenvalue weighted by molar-refractivity contribution is 5.95. The zero-order chi connectivity index (χ0) is 24.6. The van der Waals surface area contributed by atoms with E-state index in [2.05, 4.69) is 14.9 Å². The highest BCUT2D eigenvalue weighted by Gasteiger charge is 2.43. The maximum absolute atomic E-state index is 12.6. The fraction of sp³-hybridized carbons (Fsp3) is 0.500. The molecule has 2 fully saturated rings. The van der Waals surface area contributed by atoms with Crippen LogP contribution < -0.4 is 9.64 Å². The Hall–Kier alpha value is -3.49. The molecule has 1 amide bonds. The number of likely N-dealkylation sites (tertiary alicyclic amines) is 1. The van der Waals surface area contributed by atoms with Crippen LogP contribution in [0.1, 0.15) is 40.0 Å². The van der Waals surface area contributed by atoms with Crippen LogP contribution in [0.2, 0.25) is 0 Å². The first-order valence-corrected chi connectivity index (χ1v) is 12.1. The number of fused-ring (bicyclic) bond motifs is 1. The molecular weight excluding hydrogens is 444 g/mol. The second-order valence-electron chi connectivity index (χ2n) is 10.5. The molecule has 5 rings (SSSR count). The maximum Gasteiger partial charge on any atom is 0.410 e. The molecule has 35 heavy (non-hydrogen) atoms. The van der Waals surface area contributed by atoms with Crippen molar-refractivity contribution in [3.8, 4) is 17.1 Å². The van der Waals surface area contributed by atoms with Crippen LogP contribution in [-0.4, -0.2) is 69.8 Å². The molecule has 0 aliphatic carbocycles. The average Bonchev–Trinajstić information content (AvgIpc) is 3.26. The van der Waals surface area contributed by atoms with Crippen molar-refractivity contribution in [2.75, 3.05) is 38.2 Å². The smallest absolute Gasteiger partial charge is 0.410 e. The lowest BCUT2D eigenvalue weighted by molar-refractivity contribution is 0.0266. The Bertz CT molecular complexity index is 1220. The third-order valence-electron chi connectivity index (χ3n) is 6.93. The summed E-state index contributed by atoms with van der Waals surface area (Å²) in [5.74, 6) is 2.16. The van der Waals surface area contributed by atoms with Crippen LogP contribution in [-0.2, 0) is 4.74 Å². The molecule has 0 bridgehead atoms. The second-order valence-corrected chi connectivity index (χ2v) is 10.5. The minimum atomic E-state index is -0.481. The Morgan fingerprint density at radius 3 is 2.40 bits per heavy atom. The van der Waals surface area contributed by atoms with Crippen LogP contribution in [0.25, 0.3) is 22.3 Å². The van der Waals surface area contributed by atoms with Gasteiger partial charge < -0.3 is 19.3 Å². The topological polar surface area (TPSA) is 93.6 Å². The number of hydrogen-bond acceptors (Lipinski definition) is 8. The molecule has 1 spiro atoms. The first-order valence-electron chi connectivity index (χ1n) is 12.1. The summed E-state index contributed by atoms with van der Waals surface area (Å²) >= 11 is 0. The molecular formula is C26H32N6O3. The van der Waals surface area contributed by atoms with Crippen LogP contribution in [0.15, 0.2) is 36.9 Å². The predicted molar refractivity (Wildman–Crippen MR) is 133 cm³/mol. The van der Waals surface area contributed by atoms with Gasteiger partial charge in [0.25, 0.3) is 0 Å². The third-order valence-corrected chi connectivity index (χ3v) is 6.93. The molecule has 9 heteroatoms. The minimum absolute atomic E-state index is 0.121.